The van der Waals surface area contributed by atoms with Gasteiger partial charge in [-0.05, 0) is 25.8 Å². The molecule has 86 valence electrons. The predicted molar refractivity (Wildman–Crippen MR) is 61.8 cm³/mol. The van der Waals surface area contributed by atoms with Gasteiger partial charge in [0.1, 0.15) is 0 Å². The minimum atomic E-state index is 0.485. The SMILES string of the molecule is CCc1c(CCN)nnn1C(CC)CC. The van der Waals surface area contributed by atoms with E-state index in [1.807, 2.05) is 0 Å². The highest BCUT2D eigenvalue weighted by molar-refractivity contribution is 5.11. The fourth-order valence-electron chi connectivity index (χ4n) is 1.97. The van der Waals surface area contributed by atoms with Crippen LogP contribution in [0.5, 0.6) is 0 Å². The van der Waals surface area contributed by atoms with Crippen LogP contribution in [0.15, 0.2) is 0 Å². The lowest BCUT2D eigenvalue weighted by Gasteiger charge is -2.15. The van der Waals surface area contributed by atoms with Crippen LogP contribution in [0.25, 0.3) is 0 Å². The van der Waals surface area contributed by atoms with E-state index in [1.54, 1.807) is 0 Å². The molecule has 15 heavy (non-hydrogen) atoms. The van der Waals surface area contributed by atoms with E-state index in [0.717, 1.165) is 31.4 Å². The maximum atomic E-state index is 5.56. The van der Waals surface area contributed by atoms with Crippen LogP contribution >= 0.6 is 0 Å². The molecular weight excluding hydrogens is 188 g/mol. The second kappa shape index (κ2) is 5.85. The Morgan fingerprint density at radius 1 is 1.27 bits per heavy atom. The Kier molecular flexibility index (Phi) is 4.75. The third-order valence-corrected chi connectivity index (χ3v) is 2.88. The van der Waals surface area contributed by atoms with Gasteiger partial charge in [0.2, 0.25) is 0 Å². The van der Waals surface area contributed by atoms with Crippen LogP contribution in [0.2, 0.25) is 0 Å². The Hall–Kier alpha value is -0.900. The van der Waals surface area contributed by atoms with Crippen molar-refractivity contribution in [1.29, 1.82) is 0 Å². The Morgan fingerprint density at radius 3 is 2.40 bits per heavy atom. The standard InChI is InChI=1S/C11H22N4/c1-4-9(5-2)15-11(6-3)10(7-8-12)13-14-15/h9H,4-8,12H2,1-3H3. The molecule has 4 nitrogen and oxygen atoms in total. The molecule has 1 aromatic rings. The highest BCUT2D eigenvalue weighted by atomic mass is 15.4. The molecule has 0 aliphatic rings. The van der Waals surface area contributed by atoms with Gasteiger partial charge < -0.3 is 5.73 Å². The molecule has 0 radical (unpaired) electrons. The van der Waals surface area contributed by atoms with Crippen molar-refractivity contribution >= 4 is 0 Å². The third-order valence-electron chi connectivity index (χ3n) is 2.88. The van der Waals surface area contributed by atoms with Crippen molar-refractivity contribution in [3.05, 3.63) is 11.4 Å². The summed E-state index contributed by atoms with van der Waals surface area (Å²) in [6.45, 7) is 7.18. The summed E-state index contributed by atoms with van der Waals surface area (Å²) >= 11 is 0. The Balaban J connectivity index is 2.96. The molecular formula is C11H22N4. The van der Waals surface area contributed by atoms with Gasteiger partial charge in [-0.3, -0.25) is 0 Å². The van der Waals surface area contributed by atoms with Crippen LogP contribution in [0, 0.1) is 0 Å². The predicted octanol–water partition coefficient (Wildman–Crippen LogP) is 1.70. The summed E-state index contributed by atoms with van der Waals surface area (Å²) in [5.74, 6) is 0. The molecule has 0 aromatic carbocycles. The minimum absolute atomic E-state index is 0.485. The van der Waals surface area contributed by atoms with Gasteiger partial charge in [-0.1, -0.05) is 26.0 Å². The first-order valence-corrected chi connectivity index (χ1v) is 5.91. The van der Waals surface area contributed by atoms with Crippen molar-refractivity contribution in [2.45, 2.75) is 52.5 Å². The molecule has 0 aliphatic heterocycles. The first kappa shape index (κ1) is 12.2. The molecule has 4 heteroatoms. The van der Waals surface area contributed by atoms with Crippen LogP contribution in [0.1, 0.15) is 51.0 Å². The molecule has 0 saturated heterocycles. The largest absolute Gasteiger partial charge is 0.330 e. The number of hydrogen-bond donors (Lipinski definition) is 1. The minimum Gasteiger partial charge on any atom is -0.330 e. The molecule has 1 rings (SSSR count). The van der Waals surface area contributed by atoms with E-state index < -0.39 is 0 Å². The number of hydrogen-bond acceptors (Lipinski definition) is 3. The lowest BCUT2D eigenvalue weighted by Crippen LogP contribution is -2.13. The first-order valence-electron chi connectivity index (χ1n) is 5.91. The van der Waals surface area contributed by atoms with Crippen LogP contribution in [0.4, 0.5) is 0 Å². The summed E-state index contributed by atoms with van der Waals surface area (Å²) in [4.78, 5) is 0. The monoisotopic (exact) mass is 210 g/mol. The number of aromatic nitrogens is 3. The lowest BCUT2D eigenvalue weighted by molar-refractivity contribution is 0.406. The number of nitrogens with zero attached hydrogens (tertiary/aromatic N) is 3. The van der Waals surface area contributed by atoms with Crippen molar-refractivity contribution < 1.29 is 0 Å². The fourth-order valence-corrected chi connectivity index (χ4v) is 1.97. The molecule has 0 unspecified atom stereocenters. The molecule has 0 fully saturated rings. The average molecular weight is 210 g/mol. The van der Waals surface area contributed by atoms with Gasteiger partial charge in [0.25, 0.3) is 0 Å². The fraction of sp³-hybridized carbons (Fsp3) is 0.818. The van der Waals surface area contributed by atoms with Crippen molar-refractivity contribution in [2.75, 3.05) is 6.54 Å². The number of rotatable bonds is 6. The quantitative estimate of drug-likeness (QED) is 0.777. The highest BCUT2D eigenvalue weighted by Crippen LogP contribution is 2.18. The summed E-state index contributed by atoms with van der Waals surface area (Å²) in [5, 5.41) is 8.49. The molecule has 0 aliphatic carbocycles. The molecule has 0 amide bonds. The van der Waals surface area contributed by atoms with Crippen LogP contribution in [0.3, 0.4) is 0 Å². The summed E-state index contributed by atoms with van der Waals surface area (Å²) in [6.07, 6.45) is 4.03. The third kappa shape index (κ3) is 2.56. The molecule has 1 heterocycles. The topological polar surface area (TPSA) is 56.7 Å². The molecule has 0 atom stereocenters. The van der Waals surface area contributed by atoms with E-state index >= 15 is 0 Å². The van der Waals surface area contributed by atoms with Gasteiger partial charge >= 0.3 is 0 Å². The van der Waals surface area contributed by atoms with E-state index in [2.05, 4.69) is 35.8 Å². The average Bonchev–Trinajstić information content (AvgIpc) is 2.64. The van der Waals surface area contributed by atoms with E-state index in [9.17, 15) is 0 Å². The van der Waals surface area contributed by atoms with Gasteiger partial charge in [-0.15, -0.1) is 5.10 Å². The molecule has 2 N–H and O–H groups in total. The maximum absolute atomic E-state index is 5.56. The first-order chi connectivity index (χ1) is 7.28. The second-order valence-corrected chi connectivity index (χ2v) is 3.79. The zero-order chi connectivity index (χ0) is 11.3. The van der Waals surface area contributed by atoms with Gasteiger partial charge in [-0.25, -0.2) is 4.68 Å². The van der Waals surface area contributed by atoms with E-state index in [4.69, 9.17) is 5.73 Å². The zero-order valence-corrected chi connectivity index (χ0v) is 10.0. The van der Waals surface area contributed by atoms with Crippen molar-refractivity contribution in [3.63, 3.8) is 0 Å². The van der Waals surface area contributed by atoms with E-state index in [0.29, 0.717) is 12.6 Å². The molecule has 0 bridgehead atoms. The molecule has 0 saturated carbocycles. The van der Waals surface area contributed by atoms with Gasteiger partial charge in [0.15, 0.2) is 0 Å². The number of nitrogens with two attached hydrogens (primary N) is 1. The summed E-state index contributed by atoms with van der Waals surface area (Å²) in [6, 6.07) is 0.485. The molecule has 0 spiro atoms. The zero-order valence-electron chi connectivity index (χ0n) is 10.0. The Bertz CT molecular complexity index is 289. The molecule has 1 aromatic heterocycles. The summed E-state index contributed by atoms with van der Waals surface area (Å²) in [5.41, 5.74) is 7.89. The van der Waals surface area contributed by atoms with Gasteiger partial charge in [0, 0.05) is 6.42 Å². The smallest absolute Gasteiger partial charge is 0.0871 e. The second-order valence-electron chi connectivity index (χ2n) is 3.79. The lowest BCUT2D eigenvalue weighted by atomic mass is 10.1. The normalized spacial score (nSPS) is 11.3. The van der Waals surface area contributed by atoms with Gasteiger partial charge in [0.05, 0.1) is 17.4 Å². The highest BCUT2D eigenvalue weighted by Gasteiger charge is 2.15. The van der Waals surface area contributed by atoms with E-state index in [1.165, 1.54) is 5.69 Å². The Labute approximate surface area is 91.9 Å². The Morgan fingerprint density at radius 2 is 1.93 bits per heavy atom. The van der Waals surface area contributed by atoms with Crippen molar-refractivity contribution in [1.82, 2.24) is 15.0 Å². The van der Waals surface area contributed by atoms with Crippen molar-refractivity contribution in [2.24, 2.45) is 5.73 Å². The maximum Gasteiger partial charge on any atom is 0.0871 e. The summed E-state index contributed by atoms with van der Waals surface area (Å²) in [7, 11) is 0. The van der Waals surface area contributed by atoms with Crippen molar-refractivity contribution in [3.8, 4) is 0 Å². The van der Waals surface area contributed by atoms with Crippen LogP contribution in [-0.2, 0) is 12.8 Å². The van der Waals surface area contributed by atoms with Gasteiger partial charge in [-0.2, -0.15) is 0 Å². The van der Waals surface area contributed by atoms with E-state index in [-0.39, 0.29) is 0 Å². The van der Waals surface area contributed by atoms with Crippen LogP contribution in [-0.4, -0.2) is 21.5 Å². The van der Waals surface area contributed by atoms with Crippen LogP contribution < -0.4 is 5.73 Å². The summed E-state index contributed by atoms with van der Waals surface area (Å²) < 4.78 is 2.09.